The lowest BCUT2D eigenvalue weighted by Crippen LogP contribution is -2.47. The Morgan fingerprint density at radius 2 is 1.32 bits per heavy atom. The predicted molar refractivity (Wildman–Crippen MR) is 134 cm³/mol. The third kappa shape index (κ3) is 11.2. The first-order valence-electron chi connectivity index (χ1n) is 13.5. The Hall–Kier alpha value is -0.250. The number of hydrogen-bond acceptors (Lipinski definition) is 7. The third-order valence-corrected chi connectivity index (χ3v) is 7.14. The quantitative estimate of drug-likeness (QED) is 0.174. The molecule has 7 nitrogen and oxygen atoms in total. The molecule has 8 heteroatoms. The fourth-order valence-electron chi connectivity index (χ4n) is 4.96. The maximum Gasteiger partial charge on any atom is 0.264 e. The van der Waals surface area contributed by atoms with Gasteiger partial charge in [-0.2, -0.15) is 8.42 Å². The Bertz CT molecular complexity index is 677. The van der Waals surface area contributed by atoms with Crippen molar-refractivity contribution in [3.63, 3.8) is 0 Å². The van der Waals surface area contributed by atoms with Crippen LogP contribution in [-0.2, 0) is 33.2 Å². The zero-order valence-corrected chi connectivity index (χ0v) is 23.3. The molecule has 2 aliphatic rings. The molecule has 0 N–H and O–H groups in total. The van der Waals surface area contributed by atoms with Gasteiger partial charge in [0.15, 0.2) is 11.6 Å². The first-order valence-corrected chi connectivity index (χ1v) is 15.3. The van der Waals surface area contributed by atoms with Gasteiger partial charge in [-0.25, -0.2) is 0 Å². The van der Waals surface area contributed by atoms with Crippen LogP contribution in [0.1, 0.15) is 118 Å². The molecule has 0 spiro atoms. The second-order valence-electron chi connectivity index (χ2n) is 10.9. The molecule has 34 heavy (non-hydrogen) atoms. The van der Waals surface area contributed by atoms with Gasteiger partial charge in [0.1, 0.15) is 18.3 Å². The zero-order chi connectivity index (χ0) is 25.2. The molecule has 202 valence electrons. The monoisotopic (exact) mass is 506 g/mol. The molecule has 0 aliphatic carbocycles. The average molecular weight is 507 g/mol. The SMILES string of the molecule is CCCCCCCCCCCCCC[C@H]1OC(C)(C)O[C@@H]1[C@H](OS(C)(=O)=O)[C@H]1COC(C)(C)O1. The van der Waals surface area contributed by atoms with E-state index in [2.05, 4.69) is 6.92 Å². The Morgan fingerprint density at radius 1 is 0.794 bits per heavy atom. The van der Waals surface area contributed by atoms with E-state index in [4.69, 9.17) is 23.1 Å². The molecule has 4 atom stereocenters. The highest BCUT2D eigenvalue weighted by Gasteiger charge is 2.51. The van der Waals surface area contributed by atoms with Crippen molar-refractivity contribution < 1.29 is 31.5 Å². The molecule has 0 amide bonds. The highest BCUT2D eigenvalue weighted by molar-refractivity contribution is 7.86. The van der Waals surface area contributed by atoms with E-state index in [9.17, 15) is 8.42 Å². The minimum atomic E-state index is -3.71. The summed E-state index contributed by atoms with van der Waals surface area (Å²) in [5.74, 6) is -1.59. The molecule has 0 radical (unpaired) electrons. The van der Waals surface area contributed by atoms with Gasteiger partial charge in [0.05, 0.1) is 19.0 Å². The Labute approximate surface area is 208 Å². The van der Waals surface area contributed by atoms with E-state index >= 15 is 0 Å². The van der Waals surface area contributed by atoms with Crippen LogP contribution in [0.25, 0.3) is 0 Å². The van der Waals surface area contributed by atoms with Crippen LogP contribution < -0.4 is 0 Å². The van der Waals surface area contributed by atoms with Gasteiger partial charge in [0.25, 0.3) is 10.1 Å². The van der Waals surface area contributed by atoms with Gasteiger partial charge in [0.2, 0.25) is 0 Å². The molecule has 2 fully saturated rings. The molecule has 0 saturated carbocycles. The minimum absolute atomic E-state index is 0.249. The van der Waals surface area contributed by atoms with Gasteiger partial charge in [-0.3, -0.25) is 4.18 Å². The highest BCUT2D eigenvalue weighted by Crippen LogP contribution is 2.37. The van der Waals surface area contributed by atoms with Crippen LogP contribution in [0, 0.1) is 0 Å². The molecular weight excluding hydrogens is 456 g/mol. The van der Waals surface area contributed by atoms with Crippen LogP contribution in [0.5, 0.6) is 0 Å². The van der Waals surface area contributed by atoms with Gasteiger partial charge in [-0.05, 0) is 34.1 Å². The number of rotatable bonds is 17. The van der Waals surface area contributed by atoms with Crippen LogP contribution >= 0.6 is 0 Å². The first kappa shape index (κ1) is 30.0. The van der Waals surface area contributed by atoms with Crippen LogP contribution in [0.4, 0.5) is 0 Å². The van der Waals surface area contributed by atoms with Crippen LogP contribution in [0.15, 0.2) is 0 Å². The first-order chi connectivity index (χ1) is 15.9. The van der Waals surface area contributed by atoms with Crippen molar-refractivity contribution in [1.29, 1.82) is 0 Å². The molecule has 0 aromatic heterocycles. The Morgan fingerprint density at radius 3 is 1.79 bits per heavy atom. The molecule has 0 bridgehead atoms. The predicted octanol–water partition coefficient (Wildman–Crippen LogP) is 6.09. The van der Waals surface area contributed by atoms with Crippen LogP contribution in [0.3, 0.4) is 0 Å². The summed E-state index contributed by atoms with van der Waals surface area (Å²) in [6.45, 7) is 9.84. The second-order valence-corrected chi connectivity index (χ2v) is 12.5. The lowest BCUT2D eigenvalue weighted by molar-refractivity contribution is -0.174. The summed E-state index contributed by atoms with van der Waals surface area (Å²) in [5.41, 5.74) is 0. The average Bonchev–Trinajstić information content (AvgIpc) is 3.24. The molecule has 2 saturated heterocycles. The lowest BCUT2D eigenvalue weighted by atomic mass is 9.98. The fourth-order valence-corrected chi connectivity index (χ4v) is 5.60. The third-order valence-electron chi connectivity index (χ3n) is 6.57. The standard InChI is InChI=1S/C26H50O7S/c1-7-8-9-10-11-12-13-14-15-16-17-18-19-21-23(32-26(4,5)30-21)24(33-34(6,27)28)22-20-29-25(2,3)31-22/h21-24H,7-20H2,1-6H3/t21-,22-,23+,24-/m1/s1. The van der Waals surface area contributed by atoms with E-state index < -0.39 is 40.0 Å². The smallest absolute Gasteiger partial charge is 0.264 e. The summed E-state index contributed by atoms with van der Waals surface area (Å²) in [5, 5.41) is 0. The molecule has 0 aromatic rings. The number of ether oxygens (including phenoxy) is 4. The summed E-state index contributed by atoms with van der Waals surface area (Å²) in [7, 11) is -3.71. The fraction of sp³-hybridized carbons (Fsp3) is 1.00. The molecule has 2 heterocycles. The molecule has 2 rings (SSSR count). The topological polar surface area (TPSA) is 80.3 Å². The number of unbranched alkanes of at least 4 members (excludes halogenated alkanes) is 11. The van der Waals surface area contributed by atoms with E-state index in [0.29, 0.717) is 0 Å². The Kier molecular flexibility index (Phi) is 12.2. The van der Waals surface area contributed by atoms with Gasteiger partial charge in [-0.15, -0.1) is 0 Å². The summed E-state index contributed by atoms with van der Waals surface area (Å²) >= 11 is 0. The summed E-state index contributed by atoms with van der Waals surface area (Å²) in [4.78, 5) is 0. The highest BCUT2D eigenvalue weighted by atomic mass is 32.2. The summed E-state index contributed by atoms with van der Waals surface area (Å²) in [6, 6.07) is 0. The minimum Gasteiger partial charge on any atom is -0.348 e. The van der Waals surface area contributed by atoms with Crippen LogP contribution in [-0.4, -0.2) is 57.3 Å². The van der Waals surface area contributed by atoms with Gasteiger partial charge in [-0.1, -0.05) is 84.0 Å². The van der Waals surface area contributed by atoms with Gasteiger partial charge in [0, 0.05) is 0 Å². The maximum absolute atomic E-state index is 12.0. The van der Waals surface area contributed by atoms with E-state index in [1.165, 1.54) is 64.2 Å². The molecule has 0 aromatic carbocycles. The van der Waals surface area contributed by atoms with Gasteiger partial charge >= 0.3 is 0 Å². The van der Waals surface area contributed by atoms with Crippen molar-refractivity contribution in [3.05, 3.63) is 0 Å². The number of hydrogen-bond donors (Lipinski definition) is 0. The summed E-state index contributed by atoms with van der Waals surface area (Å²) in [6.07, 6.45) is 15.2. The largest absolute Gasteiger partial charge is 0.348 e. The lowest BCUT2D eigenvalue weighted by Gasteiger charge is -2.30. The van der Waals surface area contributed by atoms with E-state index in [1.54, 1.807) is 0 Å². The summed E-state index contributed by atoms with van der Waals surface area (Å²) < 4.78 is 53.6. The molecule has 0 unspecified atom stereocenters. The van der Waals surface area contributed by atoms with Crippen molar-refractivity contribution in [2.24, 2.45) is 0 Å². The molecular formula is C26H50O7S. The van der Waals surface area contributed by atoms with Crippen LogP contribution in [0.2, 0.25) is 0 Å². The van der Waals surface area contributed by atoms with Gasteiger partial charge < -0.3 is 18.9 Å². The Balaban J connectivity index is 1.78. The maximum atomic E-state index is 12.0. The normalized spacial score (nSPS) is 27.3. The van der Waals surface area contributed by atoms with E-state index in [1.807, 2.05) is 27.7 Å². The van der Waals surface area contributed by atoms with E-state index in [0.717, 1.165) is 25.5 Å². The second kappa shape index (κ2) is 13.9. The molecule has 2 aliphatic heterocycles. The zero-order valence-electron chi connectivity index (χ0n) is 22.5. The van der Waals surface area contributed by atoms with Crippen molar-refractivity contribution in [1.82, 2.24) is 0 Å². The van der Waals surface area contributed by atoms with E-state index in [-0.39, 0.29) is 12.7 Å². The van der Waals surface area contributed by atoms with Crippen molar-refractivity contribution in [2.45, 2.75) is 154 Å². The van der Waals surface area contributed by atoms with Crippen molar-refractivity contribution >= 4 is 10.1 Å². The van der Waals surface area contributed by atoms with Crippen molar-refractivity contribution in [3.8, 4) is 0 Å². The van der Waals surface area contributed by atoms with Crippen molar-refractivity contribution in [2.75, 3.05) is 12.9 Å².